The van der Waals surface area contributed by atoms with E-state index in [1.807, 2.05) is 26.0 Å². The van der Waals surface area contributed by atoms with Gasteiger partial charge in [0.05, 0.1) is 4.47 Å². The maximum Gasteiger partial charge on any atom is 0.139 e. The zero-order valence-electron chi connectivity index (χ0n) is 8.27. The standard InChI is InChI=1S/C11H13BrFN/c1-3-4-5-14-11-7-10(13)9(12)6-8(11)2/h3-4,6-7,14H,5H2,1-2H3/b4-3+. The van der Waals surface area contributed by atoms with Crippen LogP contribution in [0.15, 0.2) is 28.8 Å². The molecule has 0 amide bonds. The van der Waals surface area contributed by atoms with E-state index in [1.165, 1.54) is 6.07 Å². The van der Waals surface area contributed by atoms with Crippen LogP contribution in [-0.2, 0) is 0 Å². The summed E-state index contributed by atoms with van der Waals surface area (Å²) in [6.45, 7) is 4.62. The fourth-order valence-electron chi connectivity index (χ4n) is 1.12. The van der Waals surface area contributed by atoms with Gasteiger partial charge in [-0.3, -0.25) is 0 Å². The van der Waals surface area contributed by atoms with E-state index in [0.29, 0.717) is 4.47 Å². The third-order valence-electron chi connectivity index (χ3n) is 1.91. The first-order valence-corrected chi connectivity index (χ1v) is 5.25. The second kappa shape index (κ2) is 5.15. The van der Waals surface area contributed by atoms with Crippen LogP contribution >= 0.6 is 15.9 Å². The molecule has 0 bridgehead atoms. The molecule has 0 saturated heterocycles. The van der Waals surface area contributed by atoms with Crippen LogP contribution in [0.25, 0.3) is 0 Å². The quantitative estimate of drug-likeness (QED) is 0.811. The van der Waals surface area contributed by atoms with Crippen molar-refractivity contribution in [2.75, 3.05) is 11.9 Å². The zero-order valence-corrected chi connectivity index (χ0v) is 9.86. The predicted octanol–water partition coefficient (Wildman–Crippen LogP) is 3.88. The molecule has 0 aliphatic carbocycles. The zero-order chi connectivity index (χ0) is 10.6. The molecular formula is C11H13BrFN. The molecule has 0 aliphatic rings. The monoisotopic (exact) mass is 257 g/mol. The van der Waals surface area contributed by atoms with Gasteiger partial charge in [0.2, 0.25) is 0 Å². The minimum atomic E-state index is -0.237. The highest BCUT2D eigenvalue weighted by Crippen LogP contribution is 2.23. The molecule has 14 heavy (non-hydrogen) atoms. The van der Waals surface area contributed by atoms with Gasteiger partial charge in [-0.05, 0) is 47.5 Å². The number of halogens is 2. The predicted molar refractivity (Wildman–Crippen MR) is 62.1 cm³/mol. The molecule has 0 atom stereocenters. The van der Waals surface area contributed by atoms with E-state index in [2.05, 4.69) is 21.2 Å². The molecule has 0 unspecified atom stereocenters. The van der Waals surface area contributed by atoms with Crippen LogP contribution in [0.4, 0.5) is 10.1 Å². The Bertz CT molecular complexity index is 347. The lowest BCUT2D eigenvalue weighted by atomic mass is 10.2. The fourth-order valence-corrected chi connectivity index (χ4v) is 1.58. The molecule has 76 valence electrons. The summed E-state index contributed by atoms with van der Waals surface area (Å²) in [5, 5.41) is 3.13. The first kappa shape index (κ1) is 11.2. The van der Waals surface area contributed by atoms with E-state index >= 15 is 0 Å². The molecule has 0 aromatic heterocycles. The van der Waals surface area contributed by atoms with Gasteiger partial charge in [-0.25, -0.2) is 4.39 Å². The molecule has 1 aromatic rings. The lowest BCUT2D eigenvalue weighted by Gasteiger charge is -2.08. The summed E-state index contributed by atoms with van der Waals surface area (Å²) in [4.78, 5) is 0. The van der Waals surface area contributed by atoms with Crippen molar-refractivity contribution >= 4 is 21.6 Å². The largest absolute Gasteiger partial charge is 0.381 e. The third-order valence-corrected chi connectivity index (χ3v) is 2.52. The number of aryl methyl sites for hydroxylation is 1. The molecule has 0 spiro atoms. The minimum Gasteiger partial charge on any atom is -0.381 e. The average Bonchev–Trinajstić information content (AvgIpc) is 2.14. The summed E-state index contributed by atoms with van der Waals surface area (Å²) >= 11 is 3.15. The molecule has 1 aromatic carbocycles. The Kier molecular flexibility index (Phi) is 4.14. The second-order valence-corrected chi connectivity index (χ2v) is 3.89. The van der Waals surface area contributed by atoms with Gasteiger partial charge in [-0.2, -0.15) is 0 Å². The van der Waals surface area contributed by atoms with E-state index in [-0.39, 0.29) is 5.82 Å². The van der Waals surface area contributed by atoms with Crippen molar-refractivity contribution in [1.82, 2.24) is 0 Å². The van der Waals surface area contributed by atoms with Gasteiger partial charge in [0.1, 0.15) is 5.82 Å². The Morgan fingerprint density at radius 3 is 2.86 bits per heavy atom. The summed E-state index contributed by atoms with van der Waals surface area (Å²) < 4.78 is 13.7. The van der Waals surface area contributed by atoms with Gasteiger partial charge in [0.15, 0.2) is 0 Å². The van der Waals surface area contributed by atoms with Crippen molar-refractivity contribution in [2.24, 2.45) is 0 Å². The Morgan fingerprint density at radius 1 is 1.50 bits per heavy atom. The molecule has 0 fully saturated rings. The van der Waals surface area contributed by atoms with Gasteiger partial charge >= 0.3 is 0 Å². The first-order valence-electron chi connectivity index (χ1n) is 4.46. The number of hydrogen-bond donors (Lipinski definition) is 1. The number of rotatable bonds is 3. The van der Waals surface area contributed by atoms with Crippen molar-refractivity contribution in [2.45, 2.75) is 13.8 Å². The SMILES string of the molecule is C/C=C/CNc1cc(F)c(Br)cc1C. The fraction of sp³-hybridized carbons (Fsp3) is 0.273. The van der Waals surface area contributed by atoms with Crippen LogP contribution in [0.5, 0.6) is 0 Å². The van der Waals surface area contributed by atoms with Gasteiger partial charge in [-0.15, -0.1) is 0 Å². The van der Waals surface area contributed by atoms with Crippen LogP contribution in [-0.4, -0.2) is 6.54 Å². The topological polar surface area (TPSA) is 12.0 Å². The number of allylic oxidation sites excluding steroid dienone is 1. The maximum atomic E-state index is 13.2. The summed E-state index contributed by atoms with van der Waals surface area (Å²) in [7, 11) is 0. The lowest BCUT2D eigenvalue weighted by molar-refractivity contribution is 0.621. The Labute approximate surface area is 92.1 Å². The number of hydrogen-bond acceptors (Lipinski definition) is 1. The van der Waals surface area contributed by atoms with Gasteiger partial charge < -0.3 is 5.32 Å². The molecule has 0 aliphatic heterocycles. The second-order valence-electron chi connectivity index (χ2n) is 3.03. The number of benzene rings is 1. The molecule has 0 heterocycles. The Hall–Kier alpha value is -0.830. The van der Waals surface area contributed by atoms with Crippen molar-refractivity contribution in [1.29, 1.82) is 0 Å². The van der Waals surface area contributed by atoms with Gasteiger partial charge in [0.25, 0.3) is 0 Å². The highest BCUT2D eigenvalue weighted by molar-refractivity contribution is 9.10. The van der Waals surface area contributed by atoms with Gasteiger partial charge in [0, 0.05) is 12.2 Å². The minimum absolute atomic E-state index is 0.237. The highest BCUT2D eigenvalue weighted by atomic mass is 79.9. The molecule has 0 saturated carbocycles. The smallest absolute Gasteiger partial charge is 0.139 e. The molecule has 1 nitrogen and oxygen atoms in total. The van der Waals surface area contributed by atoms with Crippen LogP contribution in [0.2, 0.25) is 0 Å². The molecular weight excluding hydrogens is 245 g/mol. The Morgan fingerprint density at radius 2 is 2.21 bits per heavy atom. The van der Waals surface area contributed by atoms with Crippen molar-refractivity contribution in [3.8, 4) is 0 Å². The van der Waals surface area contributed by atoms with Crippen LogP contribution in [0.1, 0.15) is 12.5 Å². The average molecular weight is 258 g/mol. The molecule has 1 N–H and O–H groups in total. The summed E-state index contributed by atoms with van der Waals surface area (Å²) in [6, 6.07) is 3.27. The van der Waals surface area contributed by atoms with E-state index in [4.69, 9.17) is 0 Å². The number of anilines is 1. The van der Waals surface area contributed by atoms with Crippen LogP contribution in [0.3, 0.4) is 0 Å². The summed E-state index contributed by atoms with van der Waals surface area (Å²) in [5.74, 6) is -0.237. The highest BCUT2D eigenvalue weighted by Gasteiger charge is 2.03. The first-order chi connectivity index (χ1) is 6.65. The van der Waals surface area contributed by atoms with E-state index in [9.17, 15) is 4.39 Å². The summed E-state index contributed by atoms with van der Waals surface area (Å²) in [6.07, 6.45) is 3.94. The molecule has 0 radical (unpaired) electrons. The van der Waals surface area contributed by atoms with Crippen LogP contribution in [0, 0.1) is 12.7 Å². The normalized spacial score (nSPS) is 10.9. The van der Waals surface area contributed by atoms with E-state index in [1.54, 1.807) is 6.07 Å². The van der Waals surface area contributed by atoms with E-state index < -0.39 is 0 Å². The number of nitrogens with one attached hydrogen (secondary N) is 1. The Balaban J connectivity index is 2.81. The maximum absolute atomic E-state index is 13.2. The summed E-state index contributed by atoms with van der Waals surface area (Å²) in [5.41, 5.74) is 1.87. The van der Waals surface area contributed by atoms with Crippen molar-refractivity contribution in [3.05, 3.63) is 40.1 Å². The molecule has 3 heteroatoms. The van der Waals surface area contributed by atoms with Crippen LogP contribution < -0.4 is 5.32 Å². The molecule has 1 rings (SSSR count). The van der Waals surface area contributed by atoms with E-state index in [0.717, 1.165) is 17.8 Å². The lowest BCUT2D eigenvalue weighted by Crippen LogP contribution is -2.00. The van der Waals surface area contributed by atoms with Gasteiger partial charge in [-0.1, -0.05) is 12.2 Å². The third kappa shape index (κ3) is 2.84. The van der Waals surface area contributed by atoms with Crippen molar-refractivity contribution < 1.29 is 4.39 Å². The van der Waals surface area contributed by atoms with Crippen molar-refractivity contribution in [3.63, 3.8) is 0 Å².